The highest BCUT2D eigenvalue weighted by molar-refractivity contribution is 7.89. The summed E-state index contributed by atoms with van der Waals surface area (Å²) in [6.45, 7) is 7.07. The summed E-state index contributed by atoms with van der Waals surface area (Å²) in [5, 5.41) is 3.15. The second-order valence-corrected chi connectivity index (χ2v) is 10.6. The predicted octanol–water partition coefficient (Wildman–Crippen LogP) is 3.46. The summed E-state index contributed by atoms with van der Waals surface area (Å²) in [6.07, 6.45) is 2.41. The van der Waals surface area contributed by atoms with Crippen LogP contribution in [0.3, 0.4) is 0 Å². The molecule has 1 atom stereocenters. The van der Waals surface area contributed by atoms with Crippen LogP contribution in [0, 0.1) is 0 Å². The number of hydrogen-bond acceptors (Lipinski definition) is 6. The molecule has 0 bridgehead atoms. The number of carbonyl (C=O) groups is 2. The van der Waals surface area contributed by atoms with Gasteiger partial charge < -0.3 is 15.0 Å². The fourth-order valence-electron chi connectivity index (χ4n) is 4.59. The number of ether oxygens (including phenoxy) is 1. The molecule has 0 radical (unpaired) electrons. The van der Waals surface area contributed by atoms with Crippen molar-refractivity contribution in [1.29, 1.82) is 0 Å². The molecule has 8 nitrogen and oxygen atoms in total. The third-order valence-electron chi connectivity index (χ3n) is 6.34. The van der Waals surface area contributed by atoms with Gasteiger partial charge in [-0.25, -0.2) is 8.42 Å². The van der Waals surface area contributed by atoms with Crippen molar-refractivity contribution < 1.29 is 22.7 Å². The second kappa shape index (κ2) is 9.76. The number of amides is 1. The first kappa shape index (κ1) is 24.2. The number of carbonyl (C=O) groups excluding carboxylic acids is 2. The Hall–Kier alpha value is -2.91. The molecule has 4 rings (SSSR count). The number of nitrogens with one attached hydrogen (secondary N) is 1. The molecule has 2 aromatic carbocycles. The summed E-state index contributed by atoms with van der Waals surface area (Å²) in [5.74, 6) is 0.192. The minimum Gasteiger partial charge on any atom is -0.492 e. The summed E-state index contributed by atoms with van der Waals surface area (Å²) in [5.41, 5.74) is 2.92. The third-order valence-corrected chi connectivity index (χ3v) is 8.26. The SMILES string of the molecule is CCOc1ccc(N[C@H](C)C(=O)c2ccc3c(c2)CCN3C(C)=O)cc1S(=O)(=O)N1CCCC1. The molecule has 0 aliphatic carbocycles. The Labute approximate surface area is 200 Å². The van der Waals surface area contributed by atoms with Gasteiger partial charge >= 0.3 is 0 Å². The van der Waals surface area contributed by atoms with E-state index in [4.69, 9.17) is 4.74 Å². The van der Waals surface area contributed by atoms with E-state index in [1.165, 1.54) is 11.2 Å². The van der Waals surface area contributed by atoms with Crippen molar-refractivity contribution >= 4 is 33.1 Å². The van der Waals surface area contributed by atoms with Gasteiger partial charge in [0.15, 0.2) is 5.78 Å². The standard InChI is InChI=1S/C25H31N3O5S/c1-4-33-23-10-8-21(16-24(23)34(31,32)27-12-5-6-13-27)26-17(2)25(30)20-7-9-22-19(15-20)11-14-28(22)18(3)29/h7-10,15-17,26H,4-6,11-14H2,1-3H3/t17-/m1/s1. The van der Waals surface area contributed by atoms with Gasteiger partial charge in [0, 0.05) is 43.5 Å². The zero-order valence-corrected chi connectivity index (χ0v) is 20.7. The van der Waals surface area contributed by atoms with E-state index in [0.29, 0.717) is 49.7 Å². The summed E-state index contributed by atoms with van der Waals surface area (Å²) >= 11 is 0. The van der Waals surface area contributed by atoms with Gasteiger partial charge in [0.05, 0.1) is 12.6 Å². The van der Waals surface area contributed by atoms with Crippen LogP contribution in [0.4, 0.5) is 11.4 Å². The van der Waals surface area contributed by atoms with Crippen LogP contribution in [-0.2, 0) is 21.2 Å². The topological polar surface area (TPSA) is 96.0 Å². The van der Waals surface area contributed by atoms with Crippen LogP contribution in [0.2, 0.25) is 0 Å². The Morgan fingerprint density at radius 2 is 1.82 bits per heavy atom. The normalized spacial score (nSPS) is 16.9. The molecular weight excluding hydrogens is 454 g/mol. The average molecular weight is 486 g/mol. The quantitative estimate of drug-likeness (QED) is 0.576. The number of fused-ring (bicyclic) bond motifs is 1. The van der Waals surface area contributed by atoms with E-state index in [2.05, 4.69) is 5.32 Å². The van der Waals surface area contributed by atoms with E-state index in [0.717, 1.165) is 24.1 Å². The Morgan fingerprint density at radius 3 is 2.50 bits per heavy atom. The molecule has 0 aromatic heterocycles. The van der Waals surface area contributed by atoms with Crippen molar-refractivity contribution in [2.24, 2.45) is 0 Å². The molecule has 0 spiro atoms. The molecule has 1 fully saturated rings. The number of anilines is 2. The highest BCUT2D eigenvalue weighted by atomic mass is 32.2. The summed E-state index contributed by atoms with van der Waals surface area (Å²) in [7, 11) is -3.69. The Kier molecular flexibility index (Phi) is 6.95. The largest absolute Gasteiger partial charge is 0.492 e. The summed E-state index contributed by atoms with van der Waals surface area (Å²) < 4.78 is 33.5. The molecule has 9 heteroatoms. The molecule has 0 unspecified atom stereocenters. The Balaban J connectivity index is 1.55. The van der Waals surface area contributed by atoms with Gasteiger partial charge in [0.25, 0.3) is 0 Å². The monoisotopic (exact) mass is 485 g/mol. The highest BCUT2D eigenvalue weighted by Gasteiger charge is 2.31. The fourth-order valence-corrected chi connectivity index (χ4v) is 6.26. The lowest BCUT2D eigenvalue weighted by atomic mass is 10.0. The summed E-state index contributed by atoms with van der Waals surface area (Å²) in [4.78, 5) is 26.7. The van der Waals surface area contributed by atoms with Gasteiger partial charge in [0.1, 0.15) is 10.6 Å². The van der Waals surface area contributed by atoms with Crippen LogP contribution in [0.5, 0.6) is 5.75 Å². The summed E-state index contributed by atoms with van der Waals surface area (Å²) in [6, 6.07) is 9.74. The van der Waals surface area contributed by atoms with Crippen LogP contribution < -0.4 is 15.0 Å². The van der Waals surface area contributed by atoms with Crippen molar-refractivity contribution in [2.45, 2.75) is 51.0 Å². The maximum Gasteiger partial charge on any atom is 0.246 e. The van der Waals surface area contributed by atoms with Crippen LogP contribution in [0.25, 0.3) is 0 Å². The third kappa shape index (κ3) is 4.67. The zero-order chi connectivity index (χ0) is 24.5. The smallest absolute Gasteiger partial charge is 0.246 e. The lowest BCUT2D eigenvalue weighted by molar-refractivity contribution is -0.116. The zero-order valence-electron chi connectivity index (χ0n) is 19.8. The number of Topliss-reactive ketones (excluding diaryl/α,β-unsaturated/α-hetero) is 1. The second-order valence-electron chi connectivity index (χ2n) is 8.70. The van der Waals surface area contributed by atoms with E-state index < -0.39 is 16.1 Å². The molecular formula is C25H31N3O5S. The molecule has 2 heterocycles. The first-order valence-electron chi connectivity index (χ1n) is 11.7. The fraction of sp³-hybridized carbons (Fsp3) is 0.440. The number of rotatable bonds is 8. The molecule has 1 N–H and O–H groups in total. The van der Waals surface area contributed by atoms with Gasteiger partial charge in [-0.1, -0.05) is 0 Å². The molecule has 2 aliphatic heterocycles. The van der Waals surface area contributed by atoms with E-state index in [1.807, 2.05) is 19.1 Å². The Bertz CT molecular complexity index is 1210. The highest BCUT2D eigenvalue weighted by Crippen LogP contribution is 2.33. The first-order valence-corrected chi connectivity index (χ1v) is 13.1. The van der Waals surface area contributed by atoms with Gasteiger partial charge in [0.2, 0.25) is 15.9 Å². The van der Waals surface area contributed by atoms with Gasteiger partial charge in [-0.3, -0.25) is 9.59 Å². The van der Waals surface area contributed by atoms with Crippen LogP contribution in [0.1, 0.15) is 49.5 Å². The van der Waals surface area contributed by atoms with Crippen LogP contribution in [0.15, 0.2) is 41.3 Å². The number of ketones is 1. The van der Waals surface area contributed by atoms with Crippen LogP contribution >= 0.6 is 0 Å². The van der Waals surface area contributed by atoms with Crippen molar-refractivity contribution in [3.8, 4) is 5.75 Å². The average Bonchev–Trinajstić information content (AvgIpc) is 3.50. The van der Waals surface area contributed by atoms with E-state index >= 15 is 0 Å². The van der Waals surface area contributed by atoms with E-state index in [9.17, 15) is 18.0 Å². The lowest BCUT2D eigenvalue weighted by Crippen LogP contribution is -2.29. The van der Waals surface area contributed by atoms with Crippen LogP contribution in [-0.4, -0.2) is 56.7 Å². The molecule has 0 saturated carbocycles. The number of sulfonamides is 1. The maximum atomic E-state index is 13.2. The van der Waals surface area contributed by atoms with Crippen molar-refractivity contribution in [3.05, 3.63) is 47.5 Å². The van der Waals surface area contributed by atoms with Crippen molar-refractivity contribution in [2.75, 3.05) is 36.5 Å². The molecule has 2 aliphatic rings. The minimum atomic E-state index is -3.69. The molecule has 2 aromatic rings. The number of nitrogens with zero attached hydrogens (tertiary/aromatic N) is 2. The lowest BCUT2D eigenvalue weighted by Gasteiger charge is -2.20. The molecule has 34 heavy (non-hydrogen) atoms. The molecule has 1 saturated heterocycles. The van der Waals surface area contributed by atoms with Gasteiger partial charge in [-0.15, -0.1) is 0 Å². The molecule has 182 valence electrons. The number of hydrogen-bond donors (Lipinski definition) is 1. The van der Waals surface area contributed by atoms with Crippen molar-refractivity contribution in [3.63, 3.8) is 0 Å². The van der Waals surface area contributed by atoms with E-state index in [-0.39, 0.29) is 16.6 Å². The number of benzene rings is 2. The Morgan fingerprint density at radius 1 is 1.09 bits per heavy atom. The minimum absolute atomic E-state index is 0.0111. The van der Waals surface area contributed by atoms with Gasteiger partial charge in [-0.2, -0.15) is 4.31 Å². The first-order chi connectivity index (χ1) is 16.2. The van der Waals surface area contributed by atoms with E-state index in [1.54, 1.807) is 36.1 Å². The maximum absolute atomic E-state index is 13.2. The predicted molar refractivity (Wildman–Crippen MR) is 131 cm³/mol. The molecule has 1 amide bonds. The van der Waals surface area contributed by atoms with Gasteiger partial charge in [-0.05, 0) is 75.1 Å². The van der Waals surface area contributed by atoms with Crippen molar-refractivity contribution in [1.82, 2.24) is 4.31 Å².